The summed E-state index contributed by atoms with van der Waals surface area (Å²) in [5.41, 5.74) is 0.610. The third-order valence-corrected chi connectivity index (χ3v) is 5.91. The first-order valence-corrected chi connectivity index (χ1v) is 10.8. The predicted octanol–water partition coefficient (Wildman–Crippen LogP) is 4.85. The average Bonchev–Trinajstić information content (AvgIpc) is 3.27. The molecule has 1 aliphatic rings. The molecule has 0 atom stereocenters. The van der Waals surface area contributed by atoms with Gasteiger partial charge in [-0.3, -0.25) is 14.5 Å². The Bertz CT molecular complexity index is 1000. The number of thioether (sulfide) groups is 1. The molecule has 1 N–H and O–H groups in total. The number of aliphatic carboxylic acids is 1. The summed E-state index contributed by atoms with van der Waals surface area (Å²) >= 11 is 12.6. The molecule has 3 rings (SSSR count). The largest absolute Gasteiger partial charge is 0.481 e. The Morgan fingerprint density at radius 2 is 2.20 bits per heavy atom. The smallest absolute Gasteiger partial charge is 0.303 e. The Kier molecular flexibility index (Phi) is 7.52. The molecule has 1 saturated heterocycles. The van der Waals surface area contributed by atoms with Crippen LogP contribution in [-0.2, 0) is 9.59 Å². The fourth-order valence-electron chi connectivity index (χ4n) is 2.89. The lowest BCUT2D eigenvalue weighted by Crippen LogP contribution is -2.29. The minimum Gasteiger partial charge on any atom is -0.481 e. The topological polar surface area (TPSA) is 92.9 Å². The minimum atomic E-state index is -0.812. The number of pyridine rings is 1. The number of hydrogen-bond acceptors (Lipinski definition) is 7. The summed E-state index contributed by atoms with van der Waals surface area (Å²) < 4.78 is 11.6. The van der Waals surface area contributed by atoms with Crippen LogP contribution in [0.5, 0.6) is 5.88 Å². The van der Waals surface area contributed by atoms with Gasteiger partial charge in [0.2, 0.25) is 5.88 Å². The van der Waals surface area contributed by atoms with Crippen LogP contribution in [0.25, 0.3) is 17.4 Å². The molecule has 30 heavy (non-hydrogen) atoms. The Labute approximate surface area is 188 Å². The molecule has 0 unspecified atom stereocenters. The van der Waals surface area contributed by atoms with Crippen LogP contribution < -0.4 is 4.74 Å². The van der Waals surface area contributed by atoms with Gasteiger partial charge in [0.1, 0.15) is 15.8 Å². The number of aromatic nitrogens is 1. The number of halogens is 1. The average molecular weight is 467 g/mol. The summed E-state index contributed by atoms with van der Waals surface area (Å²) in [5.74, 6) is 0.404. The molecule has 10 heteroatoms. The Balaban J connectivity index is 1.68. The van der Waals surface area contributed by atoms with E-state index in [2.05, 4.69) is 4.98 Å². The van der Waals surface area contributed by atoms with Crippen molar-refractivity contribution in [3.63, 3.8) is 0 Å². The van der Waals surface area contributed by atoms with Gasteiger partial charge in [0.25, 0.3) is 5.91 Å². The van der Waals surface area contributed by atoms with Crippen LogP contribution in [0.4, 0.5) is 0 Å². The van der Waals surface area contributed by atoms with Crippen molar-refractivity contribution in [1.82, 2.24) is 9.88 Å². The lowest BCUT2D eigenvalue weighted by Gasteiger charge is -2.13. The number of hydrogen-bond donors (Lipinski definition) is 1. The number of thiocarbonyl (C=S) groups is 1. The van der Waals surface area contributed by atoms with Crippen LogP contribution in [0.2, 0.25) is 5.02 Å². The maximum absolute atomic E-state index is 12.7. The highest BCUT2D eigenvalue weighted by molar-refractivity contribution is 8.26. The highest BCUT2D eigenvalue weighted by Gasteiger charge is 2.31. The molecule has 0 aliphatic carbocycles. The molecule has 7 nitrogen and oxygen atoms in total. The molecule has 0 spiro atoms. The number of rotatable bonds is 9. The minimum absolute atomic E-state index is 0.131. The second-order valence-electron chi connectivity index (χ2n) is 6.45. The fourth-order valence-corrected chi connectivity index (χ4v) is 4.33. The van der Waals surface area contributed by atoms with Gasteiger partial charge in [0, 0.05) is 25.2 Å². The van der Waals surface area contributed by atoms with E-state index in [1.165, 1.54) is 25.1 Å². The van der Waals surface area contributed by atoms with Gasteiger partial charge in [-0.25, -0.2) is 4.98 Å². The predicted molar refractivity (Wildman–Crippen MR) is 119 cm³/mol. The monoisotopic (exact) mass is 466 g/mol. The molecule has 158 valence electrons. The van der Waals surface area contributed by atoms with E-state index < -0.39 is 5.97 Å². The van der Waals surface area contributed by atoms with Crippen molar-refractivity contribution in [2.45, 2.75) is 25.7 Å². The van der Waals surface area contributed by atoms with E-state index in [0.29, 0.717) is 56.6 Å². The third-order valence-electron chi connectivity index (χ3n) is 4.32. The second-order valence-corrected chi connectivity index (χ2v) is 8.56. The molecule has 2 aromatic heterocycles. The first kappa shape index (κ1) is 22.3. The van der Waals surface area contributed by atoms with Gasteiger partial charge in [-0.2, -0.15) is 0 Å². The lowest BCUT2D eigenvalue weighted by atomic mass is 10.2. The molecule has 0 aromatic carbocycles. The molecule has 0 bridgehead atoms. The van der Waals surface area contributed by atoms with Crippen molar-refractivity contribution >= 4 is 57.9 Å². The van der Waals surface area contributed by atoms with Crippen molar-refractivity contribution < 1.29 is 23.8 Å². The molecule has 0 radical (unpaired) electrons. The van der Waals surface area contributed by atoms with Crippen LogP contribution in [0.3, 0.4) is 0 Å². The van der Waals surface area contributed by atoms with E-state index in [1.54, 1.807) is 29.2 Å². The first-order chi connectivity index (χ1) is 14.4. The zero-order valence-electron chi connectivity index (χ0n) is 16.1. The number of amides is 1. The summed E-state index contributed by atoms with van der Waals surface area (Å²) in [6, 6.07) is 5.19. The second kappa shape index (κ2) is 10.1. The SMILES string of the molecule is COc1ncc(Cl)cc1-c1ccc(/C=C2\SC(=S)N(CCCCCC(=O)O)C2=O)o1. The summed E-state index contributed by atoms with van der Waals surface area (Å²) in [5, 5.41) is 9.13. The van der Waals surface area contributed by atoms with Gasteiger partial charge in [-0.05, 0) is 31.0 Å². The van der Waals surface area contributed by atoms with Crippen LogP contribution in [0, 0.1) is 0 Å². The Morgan fingerprint density at radius 1 is 1.40 bits per heavy atom. The first-order valence-electron chi connectivity index (χ1n) is 9.16. The molecule has 1 amide bonds. The van der Waals surface area contributed by atoms with Crippen molar-refractivity contribution in [2.24, 2.45) is 0 Å². The summed E-state index contributed by atoms with van der Waals surface area (Å²) in [7, 11) is 1.51. The van der Waals surface area contributed by atoms with E-state index in [9.17, 15) is 9.59 Å². The van der Waals surface area contributed by atoms with Gasteiger partial charge in [0.15, 0.2) is 0 Å². The number of unbranched alkanes of at least 4 members (excludes halogenated alkanes) is 2. The van der Waals surface area contributed by atoms with E-state index in [-0.39, 0.29) is 12.3 Å². The standard InChI is InChI=1S/C20H19ClN2O5S2/c1-27-18-14(9-12(21)11-22-18)15-7-6-13(28-15)10-16-19(26)23(20(29)30-16)8-4-2-3-5-17(24)25/h6-7,9-11H,2-5,8H2,1H3,(H,24,25)/b16-10-. The number of nitrogens with zero attached hydrogens (tertiary/aromatic N) is 2. The van der Waals surface area contributed by atoms with Gasteiger partial charge < -0.3 is 14.3 Å². The molecule has 1 aliphatic heterocycles. The zero-order valence-corrected chi connectivity index (χ0v) is 18.5. The van der Waals surface area contributed by atoms with Crippen molar-refractivity contribution in [3.05, 3.63) is 40.1 Å². The van der Waals surface area contributed by atoms with Crippen molar-refractivity contribution in [3.8, 4) is 17.2 Å². The molecular formula is C20H19ClN2O5S2. The van der Waals surface area contributed by atoms with E-state index in [0.717, 1.165) is 6.42 Å². The third kappa shape index (κ3) is 5.41. The Morgan fingerprint density at radius 3 is 2.93 bits per heavy atom. The molecule has 1 fully saturated rings. The van der Waals surface area contributed by atoms with E-state index in [1.807, 2.05) is 0 Å². The zero-order chi connectivity index (χ0) is 21.7. The highest BCUT2D eigenvalue weighted by atomic mass is 35.5. The van der Waals surface area contributed by atoms with Crippen molar-refractivity contribution in [1.29, 1.82) is 0 Å². The highest BCUT2D eigenvalue weighted by Crippen LogP contribution is 2.35. The molecule has 2 aromatic rings. The number of methoxy groups -OCH3 is 1. The maximum atomic E-state index is 12.7. The number of carbonyl (C=O) groups is 2. The fraction of sp³-hybridized carbons (Fsp3) is 0.300. The summed E-state index contributed by atoms with van der Waals surface area (Å²) in [6.45, 7) is 0.469. The van der Waals surface area contributed by atoms with Crippen LogP contribution in [0.15, 0.2) is 33.7 Å². The summed E-state index contributed by atoms with van der Waals surface area (Å²) in [6.07, 6.45) is 5.26. The number of carbonyl (C=O) groups excluding carboxylic acids is 1. The quantitative estimate of drug-likeness (QED) is 0.318. The van der Waals surface area contributed by atoms with Gasteiger partial charge in [-0.1, -0.05) is 42.0 Å². The Hall–Kier alpha value is -2.36. The lowest BCUT2D eigenvalue weighted by molar-refractivity contribution is -0.137. The molecule has 0 saturated carbocycles. The van der Waals surface area contributed by atoms with Crippen molar-refractivity contribution in [2.75, 3.05) is 13.7 Å². The number of carboxylic acid groups (broad SMARTS) is 1. The van der Waals surface area contributed by atoms with Crippen LogP contribution >= 0.6 is 35.6 Å². The number of ether oxygens (including phenoxy) is 1. The van der Waals surface area contributed by atoms with Gasteiger partial charge >= 0.3 is 5.97 Å². The normalized spacial score (nSPS) is 15.3. The van der Waals surface area contributed by atoms with Crippen LogP contribution in [-0.4, -0.2) is 44.8 Å². The number of furan rings is 1. The van der Waals surface area contributed by atoms with Gasteiger partial charge in [0.05, 0.1) is 22.6 Å². The van der Waals surface area contributed by atoms with Crippen LogP contribution in [0.1, 0.15) is 31.4 Å². The molecule has 3 heterocycles. The number of carboxylic acids is 1. The van der Waals surface area contributed by atoms with E-state index in [4.69, 9.17) is 38.1 Å². The van der Waals surface area contributed by atoms with E-state index >= 15 is 0 Å². The molecular weight excluding hydrogens is 448 g/mol. The maximum Gasteiger partial charge on any atom is 0.303 e. The van der Waals surface area contributed by atoms with Gasteiger partial charge in [-0.15, -0.1) is 0 Å². The summed E-state index contributed by atoms with van der Waals surface area (Å²) in [4.78, 5) is 29.4.